The van der Waals surface area contributed by atoms with E-state index in [1.165, 1.54) is 56.9 Å². The predicted octanol–water partition coefficient (Wildman–Crippen LogP) is 7.35. The van der Waals surface area contributed by atoms with Gasteiger partial charge in [0.2, 0.25) is 0 Å². The molecule has 0 aliphatic heterocycles. The molecule has 1 aromatic rings. The van der Waals surface area contributed by atoms with Crippen molar-refractivity contribution in [3.63, 3.8) is 0 Å². The Morgan fingerprint density at radius 2 is 1.83 bits per heavy atom. The molecule has 0 amide bonds. The van der Waals surface area contributed by atoms with Gasteiger partial charge in [-0.3, -0.25) is 4.79 Å². The van der Waals surface area contributed by atoms with E-state index in [1.54, 1.807) is 6.26 Å². The Morgan fingerprint density at radius 1 is 1.03 bits per heavy atom. The van der Waals surface area contributed by atoms with Gasteiger partial charge in [0, 0.05) is 6.42 Å². The molecule has 0 aromatic carbocycles. The van der Waals surface area contributed by atoms with Gasteiger partial charge in [-0.25, -0.2) is 0 Å². The van der Waals surface area contributed by atoms with E-state index >= 15 is 0 Å². The molecular formula is C27H42O3. The molecule has 3 aliphatic carbocycles. The highest BCUT2D eigenvalue weighted by atomic mass is 16.4. The highest BCUT2D eigenvalue weighted by molar-refractivity contribution is 5.66. The largest absolute Gasteiger partial charge is 0.481 e. The molecule has 0 saturated heterocycles. The van der Waals surface area contributed by atoms with Crippen molar-refractivity contribution in [1.29, 1.82) is 0 Å². The Balaban J connectivity index is 1.62. The first kappa shape index (κ1) is 22.0. The summed E-state index contributed by atoms with van der Waals surface area (Å²) >= 11 is 0. The summed E-state index contributed by atoms with van der Waals surface area (Å²) in [6.07, 6.45) is 16.4. The number of fused-ring (bicyclic) bond motifs is 3. The number of hydrogen-bond acceptors (Lipinski definition) is 2. The van der Waals surface area contributed by atoms with Crippen LogP contribution in [0.1, 0.15) is 97.5 Å². The van der Waals surface area contributed by atoms with Crippen molar-refractivity contribution in [2.45, 2.75) is 98.3 Å². The molecule has 0 bridgehead atoms. The number of aryl methyl sites for hydroxylation is 1. The summed E-state index contributed by atoms with van der Waals surface area (Å²) < 4.78 is 5.32. The summed E-state index contributed by atoms with van der Waals surface area (Å²) in [4.78, 5) is 11.4. The number of carboxylic acids is 1. The lowest BCUT2D eigenvalue weighted by Crippen LogP contribution is -2.59. The first-order valence-corrected chi connectivity index (χ1v) is 12.4. The number of aliphatic carboxylic acids is 1. The normalized spacial score (nSPS) is 40.4. The van der Waals surface area contributed by atoms with E-state index in [4.69, 9.17) is 4.42 Å². The van der Waals surface area contributed by atoms with Crippen molar-refractivity contribution in [2.24, 2.45) is 39.9 Å². The van der Waals surface area contributed by atoms with Crippen LogP contribution < -0.4 is 0 Å². The zero-order valence-corrected chi connectivity index (χ0v) is 19.6. The Kier molecular flexibility index (Phi) is 5.87. The molecule has 6 atom stereocenters. The molecule has 0 radical (unpaired) electrons. The Hall–Kier alpha value is -1.25. The van der Waals surface area contributed by atoms with E-state index in [0.29, 0.717) is 34.5 Å². The number of hydrogen-bond donors (Lipinski definition) is 1. The molecule has 0 unspecified atom stereocenters. The monoisotopic (exact) mass is 414 g/mol. The third kappa shape index (κ3) is 3.75. The molecule has 168 valence electrons. The van der Waals surface area contributed by atoms with E-state index in [-0.39, 0.29) is 0 Å². The van der Waals surface area contributed by atoms with Crippen molar-refractivity contribution in [3.8, 4) is 0 Å². The Labute approximate surface area is 183 Å². The van der Waals surface area contributed by atoms with Gasteiger partial charge in [0.25, 0.3) is 0 Å². The lowest BCUT2D eigenvalue weighted by Gasteiger charge is -2.67. The van der Waals surface area contributed by atoms with Crippen LogP contribution in [-0.2, 0) is 11.2 Å². The lowest BCUT2D eigenvalue weighted by molar-refractivity contribution is -0.177. The number of rotatable bonds is 6. The van der Waals surface area contributed by atoms with Crippen molar-refractivity contribution in [3.05, 3.63) is 24.2 Å². The van der Waals surface area contributed by atoms with E-state index < -0.39 is 5.97 Å². The molecule has 1 N–H and O–H groups in total. The zero-order valence-electron chi connectivity index (χ0n) is 19.6. The smallest absolute Gasteiger partial charge is 0.303 e. The van der Waals surface area contributed by atoms with E-state index in [0.717, 1.165) is 24.7 Å². The fourth-order valence-corrected chi connectivity index (χ4v) is 8.89. The third-order valence-corrected chi connectivity index (χ3v) is 10.1. The minimum Gasteiger partial charge on any atom is -0.481 e. The topological polar surface area (TPSA) is 50.4 Å². The fraction of sp³-hybridized carbons (Fsp3) is 0.815. The molecule has 30 heavy (non-hydrogen) atoms. The van der Waals surface area contributed by atoms with Gasteiger partial charge < -0.3 is 9.52 Å². The second-order valence-electron chi connectivity index (χ2n) is 12.0. The standard InChI is InChI=1S/C27H42O3/c1-25(2)14-5-15-27(4)22(25)12-16-26(3)21(9-6-19-13-17-30-18-19)20(7-10-23(26)27)8-11-24(28)29/h13,17-18,20-23H,5-12,14-16H2,1-4H3,(H,28,29)/t20-,21-,22-,23-,26+,27-/m0/s1. The maximum atomic E-state index is 11.4. The van der Waals surface area contributed by atoms with E-state index in [9.17, 15) is 9.90 Å². The lowest BCUT2D eigenvalue weighted by atomic mass is 9.38. The van der Waals surface area contributed by atoms with Crippen molar-refractivity contribution >= 4 is 5.97 Å². The number of furan rings is 1. The molecule has 3 heteroatoms. The molecule has 3 saturated carbocycles. The van der Waals surface area contributed by atoms with Gasteiger partial charge >= 0.3 is 5.97 Å². The summed E-state index contributed by atoms with van der Waals surface area (Å²) in [7, 11) is 0. The van der Waals surface area contributed by atoms with Crippen LogP contribution >= 0.6 is 0 Å². The predicted molar refractivity (Wildman–Crippen MR) is 120 cm³/mol. The van der Waals surface area contributed by atoms with Gasteiger partial charge in [-0.2, -0.15) is 0 Å². The molecule has 3 aliphatic rings. The van der Waals surface area contributed by atoms with Crippen LogP contribution in [0.25, 0.3) is 0 Å². The highest BCUT2D eigenvalue weighted by Gasteiger charge is 2.61. The summed E-state index contributed by atoms with van der Waals surface area (Å²) in [5, 5.41) is 9.35. The second-order valence-corrected chi connectivity index (χ2v) is 12.0. The summed E-state index contributed by atoms with van der Waals surface area (Å²) in [6, 6.07) is 2.09. The fourth-order valence-electron chi connectivity index (χ4n) is 8.89. The molecule has 3 nitrogen and oxygen atoms in total. The van der Waals surface area contributed by atoms with Crippen LogP contribution in [-0.4, -0.2) is 11.1 Å². The average molecular weight is 415 g/mol. The molecular weight excluding hydrogens is 372 g/mol. The maximum absolute atomic E-state index is 11.4. The van der Waals surface area contributed by atoms with Crippen LogP contribution in [0, 0.1) is 39.9 Å². The van der Waals surface area contributed by atoms with Gasteiger partial charge in [0.05, 0.1) is 12.5 Å². The first-order chi connectivity index (χ1) is 14.2. The van der Waals surface area contributed by atoms with Crippen LogP contribution in [0.4, 0.5) is 0 Å². The second kappa shape index (κ2) is 8.02. The van der Waals surface area contributed by atoms with Crippen LogP contribution in [0.5, 0.6) is 0 Å². The van der Waals surface area contributed by atoms with Crippen LogP contribution in [0.15, 0.2) is 23.0 Å². The molecule has 0 spiro atoms. The molecule has 3 fully saturated rings. The SMILES string of the molecule is CC1(C)CCC[C@]2(C)[C@H]3CC[C@@H](CCC(=O)O)[C@H](CCc4ccoc4)[C@@]3(C)CC[C@@H]12. The van der Waals surface area contributed by atoms with Gasteiger partial charge in [-0.1, -0.05) is 34.1 Å². The van der Waals surface area contributed by atoms with Crippen LogP contribution in [0.3, 0.4) is 0 Å². The molecule has 4 rings (SSSR count). The quantitative estimate of drug-likeness (QED) is 0.529. The van der Waals surface area contributed by atoms with Gasteiger partial charge in [0.15, 0.2) is 0 Å². The van der Waals surface area contributed by atoms with Crippen LogP contribution in [0.2, 0.25) is 0 Å². The van der Waals surface area contributed by atoms with Crippen molar-refractivity contribution in [1.82, 2.24) is 0 Å². The number of carbonyl (C=O) groups is 1. The first-order valence-electron chi connectivity index (χ1n) is 12.4. The maximum Gasteiger partial charge on any atom is 0.303 e. The summed E-state index contributed by atoms with van der Waals surface area (Å²) in [6.45, 7) is 10.3. The Morgan fingerprint density at radius 3 is 2.53 bits per heavy atom. The van der Waals surface area contributed by atoms with E-state index in [2.05, 4.69) is 33.8 Å². The minimum atomic E-state index is -0.638. The molecule has 1 aromatic heterocycles. The average Bonchev–Trinajstić information content (AvgIpc) is 3.17. The highest BCUT2D eigenvalue weighted by Crippen LogP contribution is 2.69. The van der Waals surface area contributed by atoms with E-state index in [1.807, 2.05) is 6.26 Å². The Bertz CT molecular complexity index is 735. The number of carboxylic acid groups (broad SMARTS) is 1. The van der Waals surface area contributed by atoms with Crippen molar-refractivity contribution in [2.75, 3.05) is 0 Å². The zero-order chi connectivity index (χ0) is 21.6. The van der Waals surface area contributed by atoms with Crippen molar-refractivity contribution < 1.29 is 14.3 Å². The minimum absolute atomic E-state index is 0.320. The summed E-state index contributed by atoms with van der Waals surface area (Å²) in [5.74, 6) is 2.14. The molecule has 1 heterocycles. The van der Waals surface area contributed by atoms with Gasteiger partial charge in [-0.15, -0.1) is 0 Å². The summed E-state index contributed by atoms with van der Waals surface area (Å²) in [5.41, 5.74) is 2.53. The third-order valence-electron chi connectivity index (χ3n) is 10.1. The van der Waals surface area contributed by atoms with Gasteiger partial charge in [-0.05, 0) is 109 Å². The van der Waals surface area contributed by atoms with Gasteiger partial charge in [0.1, 0.15) is 0 Å².